The number of ether oxygens (including phenoxy) is 1. The summed E-state index contributed by atoms with van der Waals surface area (Å²) in [6, 6.07) is 15.2. The van der Waals surface area contributed by atoms with Crippen LogP contribution in [0.1, 0.15) is 27.3 Å². The highest BCUT2D eigenvalue weighted by molar-refractivity contribution is 5.90. The first-order valence-electron chi connectivity index (χ1n) is 7.33. The molecule has 1 aromatic heterocycles. The van der Waals surface area contributed by atoms with Crippen molar-refractivity contribution >= 4 is 5.97 Å². The maximum absolute atomic E-state index is 12.3. The zero-order valence-corrected chi connectivity index (χ0v) is 13.3. The Bertz CT molecular complexity index is 868. The molecule has 5 nitrogen and oxygen atoms in total. The topological polar surface area (TPSA) is 57.0 Å². The SMILES string of the molecule is Cc1cccc(OC(=O)c2nnn(-c3cccc(C)c3)c2C)c1. The van der Waals surface area contributed by atoms with E-state index in [-0.39, 0.29) is 5.69 Å². The fourth-order valence-corrected chi connectivity index (χ4v) is 2.36. The van der Waals surface area contributed by atoms with Crippen molar-refractivity contribution in [2.45, 2.75) is 20.8 Å². The smallest absolute Gasteiger partial charge is 0.366 e. The minimum Gasteiger partial charge on any atom is -0.422 e. The molecule has 2 aromatic carbocycles. The van der Waals surface area contributed by atoms with Crippen molar-refractivity contribution in [2.75, 3.05) is 0 Å². The number of aromatic nitrogens is 3. The molecule has 0 saturated heterocycles. The van der Waals surface area contributed by atoms with Crippen molar-refractivity contribution in [3.05, 3.63) is 71.0 Å². The largest absolute Gasteiger partial charge is 0.422 e. The number of rotatable bonds is 3. The van der Waals surface area contributed by atoms with Gasteiger partial charge in [-0.05, 0) is 56.2 Å². The lowest BCUT2D eigenvalue weighted by Crippen LogP contribution is -2.11. The second-order valence-corrected chi connectivity index (χ2v) is 5.48. The molecular weight excluding hydrogens is 290 g/mol. The monoisotopic (exact) mass is 307 g/mol. The molecule has 0 N–H and O–H groups in total. The van der Waals surface area contributed by atoms with E-state index in [1.165, 1.54) is 0 Å². The van der Waals surface area contributed by atoms with Gasteiger partial charge in [-0.15, -0.1) is 5.10 Å². The Kier molecular flexibility index (Phi) is 3.93. The van der Waals surface area contributed by atoms with E-state index in [0.29, 0.717) is 11.4 Å². The minimum atomic E-state index is -0.507. The Morgan fingerprint density at radius 2 is 1.70 bits per heavy atom. The Balaban J connectivity index is 1.88. The fourth-order valence-electron chi connectivity index (χ4n) is 2.36. The van der Waals surface area contributed by atoms with Gasteiger partial charge in [0.2, 0.25) is 0 Å². The summed E-state index contributed by atoms with van der Waals surface area (Å²) in [4.78, 5) is 12.3. The van der Waals surface area contributed by atoms with Crippen LogP contribution in [-0.2, 0) is 0 Å². The van der Waals surface area contributed by atoms with Crippen LogP contribution in [0.4, 0.5) is 0 Å². The minimum absolute atomic E-state index is 0.216. The molecule has 0 atom stereocenters. The molecule has 3 aromatic rings. The molecule has 1 heterocycles. The van der Waals surface area contributed by atoms with Crippen LogP contribution in [0.2, 0.25) is 0 Å². The van der Waals surface area contributed by atoms with Crippen molar-refractivity contribution < 1.29 is 9.53 Å². The van der Waals surface area contributed by atoms with Crippen LogP contribution >= 0.6 is 0 Å². The van der Waals surface area contributed by atoms with Crippen LogP contribution in [0.3, 0.4) is 0 Å². The molecule has 0 radical (unpaired) electrons. The summed E-state index contributed by atoms with van der Waals surface area (Å²) >= 11 is 0. The number of hydrogen-bond acceptors (Lipinski definition) is 4. The lowest BCUT2D eigenvalue weighted by molar-refractivity contribution is 0.0727. The van der Waals surface area contributed by atoms with Crippen LogP contribution in [0.25, 0.3) is 5.69 Å². The number of benzene rings is 2. The van der Waals surface area contributed by atoms with E-state index in [4.69, 9.17) is 4.74 Å². The first-order chi connectivity index (χ1) is 11.0. The van der Waals surface area contributed by atoms with Gasteiger partial charge in [-0.25, -0.2) is 9.48 Å². The highest BCUT2D eigenvalue weighted by Crippen LogP contribution is 2.17. The van der Waals surface area contributed by atoms with Gasteiger partial charge >= 0.3 is 5.97 Å². The molecule has 0 amide bonds. The predicted molar refractivity (Wildman–Crippen MR) is 87.0 cm³/mol. The van der Waals surface area contributed by atoms with Crippen LogP contribution in [0.15, 0.2) is 48.5 Å². The predicted octanol–water partition coefficient (Wildman–Crippen LogP) is 3.41. The number of carbonyl (C=O) groups excluding carboxylic acids is 1. The van der Waals surface area contributed by atoms with Gasteiger partial charge in [0.25, 0.3) is 0 Å². The molecule has 0 aliphatic carbocycles. The molecule has 0 aliphatic rings. The molecule has 0 bridgehead atoms. The van der Waals surface area contributed by atoms with Gasteiger partial charge in [0, 0.05) is 0 Å². The molecule has 0 saturated carbocycles. The molecular formula is C18H17N3O2. The van der Waals surface area contributed by atoms with Crippen molar-refractivity contribution in [2.24, 2.45) is 0 Å². The third kappa shape index (κ3) is 3.13. The first-order valence-corrected chi connectivity index (χ1v) is 7.33. The van der Waals surface area contributed by atoms with Gasteiger partial charge < -0.3 is 4.74 Å². The molecule has 5 heteroatoms. The highest BCUT2D eigenvalue weighted by Gasteiger charge is 2.19. The summed E-state index contributed by atoms with van der Waals surface area (Å²) < 4.78 is 7.02. The van der Waals surface area contributed by atoms with Crippen molar-refractivity contribution in [3.8, 4) is 11.4 Å². The standard InChI is InChI=1S/C18H17N3O2/c1-12-6-4-8-15(10-12)21-14(3)17(19-20-21)18(22)23-16-9-5-7-13(2)11-16/h4-11H,1-3H3. The maximum Gasteiger partial charge on any atom is 0.366 e. The highest BCUT2D eigenvalue weighted by atomic mass is 16.5. The molecule has 0 unspecified atom stereocenters. The molecule has 0 aliphatic heterocycles. The van der Waals surface area contributed by atoms with E-state index < -0.39 is 5.97 Å². The zero-order chi connectivity index (χ0) is 16.4. The number of carbonyl (C=O) groups is 1. The fraction of sp³-hybridized carbons (Fsp3) is 0.167. The zero-order valence-electron chi connectivity index (χ0n) is 13.3. The average Bonchev–Trinajstić information content (AvgIpc) is 2.89. The molecule has 0 spiro atoms. The molecule has 116 valence electrons. The van der Waals surface area contributed by atoms with Gasteiger partial charge in [-0.2, -0.15) is 0 Å². The van der Waals surface area contributed by atoms with Crippen LogP contribution in [-0.4, -0.2) is 21.0 Å². The van der Waals surface area contributed by atoms with E-state index >= 15 is 0 Å². The van der Waals surface area contributed by atoms with Gasteiger partial charge in [-0.1, -0.05) is 29.5 Å². The summed E-state index contributed by atoms with van der Waals surface area (Å²) in [6.45, 7) is 5.74. The maximum atomic E-state index is 12.3. The Labute approximate surface area is 134 Å². The second-order valence-electron chi connectivity index (χ2n) is 5.48. The molecule has 23 heavy (non-hydrogen) atoms. The summed E-state index contributed by atoms with van der Waals surface area (Å²) in [5.74, 6) is -0.00786. The van der Waals surface area contributed by atoms with Gasteiger partial charge in [-0.3, -0.25) is 0 Å². The first kappa shape index (κ1) is 15.0. The van der Waals surface area contributed by atoms with Crippen LogP contribution in [0, 0.1) is 20.8 Å². The lowest BCUT2D eigenvalue weighted by atomic mass is 10.2. The number of nitrogens with zero attached hydrogens (tertiary/aromatic N) is 3. The van der Waals surface area contributed by atoms with Gasteiger partial charge in [0.15, 0.2) is 5.69 Å². The Morgan fingerprint density at radius 1 is 1.00 bits per heavy atom. The number of esters is 1. The van der Waals surface area contributed by atoms with Crippen LogP contribution in [0.5, 0.6) is 5.75 Å². The number of hydrogen-bond donors (Lipinski definition) is 0. The lowest BCUT2D eigenvalue weighted by Gasteiger charge is -2.05. The summed E-state index contributed by atoms with van der Waals surface area (Å²) in [5, 5.41) is 8.05. The average molecular weight is 307 g/mol. The van der Waals surface area contributed by atoms with Crippen molar-refractivity contribution in [3.63, 3.8) is 0 Å². The Hall–Kier alpha value is -2.95. The van der Waals surface area contributed by atoms with E-state index in [1.807, 2.05) is 50.2 Å². The van der Waals surface area contributed by atoms with Gasteiger partial charge in [0.1, 0.15) is 5.75 Å². The molecule has 0 fully saturated rings. The van der Waals surface area contributed by atoms with E-state index in [9.17, 15) is 4.79 Å². The van der Waals surface area contributed by atoms with E-state index in [0.717, 1.165) is 16.8 Å². The quantitative estimate of drug-likeness (QED) is 0.549. The van der Waals surface area contributed by atoms with Crippen molar-refractivity contribution in [1.29, 1.82) is 0 Å². The van der Waals surface area contributed by atoms with Crippen LogP contribution < -0.4 is 4.74 Å². The van der Waals surface area contributed by atoms with Gasteiger partial charge in [0.05, 0.1) is 11.4 Å². The summed E-state index contributed by atoms with van der Waals surface area (Å²) in [7, 11) is 0. The molecule has 3 rings (SSSR count). The van der Waals surface area contributed by atoms with Crippen molar-refractivity contribution in [1.82, 2.24) is 15.0 Å². The normalized spacial score (nSPS) is 10.6. The van der Waals surface area contributed by atoms with E-state index in [2.05, 4.69) is 10.3 Å². The van der Waals surface area contributed by atoms with E-state index in [1.54, 1.807) is 23.7 Å². The Morgan fingerprint density at radius 3 is 2.39 bits per heavy atom. The third-order valence-electron chi connectivity index (χ3n) is 3.53. The second kappa shape index (κ2) is 6.04. The number of aryl methyl sites for hydroxylation is 2. The third-order valence-corrected chi connectivity index (χ3v) is 3.53. The summed E-state index contributed by atoms with van der Waals surface area (Å²) in [6.07, 6.45) is 0. The summed E-state index contributed by atoms with van der Waals surface area (Å²) in [5.41, 5.74) is 3.86.